The summed E-state index contributed by atoms with van der Waals surface area (Å²) in [6, 6.07) is 10.4. The summed E-state index contributed by atoms with van der Waals surface area (Å²) in [5, 5.41) is 2.95. The molecule has 0 atom stereocenters. The van der Waals surface area contributed by atoms with Crippen molar-refractivity contribution in [3.05, 3.63) is 75.5 Å². The number of benzene rings is 3. The van der Waals surface area contributed by atoms with E-state index in [9.17, 15) is 22.4 Å². The number of carbonyl (C=O) groups excluding carboxylic acids is 1. The second-order valence-electron chi connectivity index (χ2n) is 8.28. The number of nitrogens with zero attached hydrogens (tertiary/aromatic N) is 3. The van der Waals surface area contributed by atoms with Crippen LogP contribution in [0.25, 0.3) is 33.5 Å². The van der Waals surface area contributed by atoms with Crippen molar-refractivity contribution in [1.82, 2.24) is 19.5 Å². The Kier molecular flexibility index (Phi) is 6.33. The number of alkyl halides is 3. The largest absolute Gasteiger partial charge is 0.416 e. The van der Waals surface area contributed by atoms with E-state index in [-0.39, 0.29) is 38.5 Å². The first-order valence-corrected chi connectivity index (χ1v) is 11.8. The van der Waals surface area contributed by atoms with E-state index in [1.807, 2.05) is 6.92 Å². The number of aromatic amines is 1. The molecule has 5 rings (SSSR count). The molecule has 37 heavy (non-hydrogen) atoms. The number of amides is 1. The average Bonchev–Trinajstić information content (AvgIpc) is 3.40. The molecule has 0 aliphatic heterocycles. The van der Waals surface area contributed by atoms with Crippen LogP contribution in [-0.4, -0.2) is 25.4 Å². The Morgan fingerprint density at radius 1 is 1.08 bits per heavy atom. The minimum atomic E-state index is -4.52. The molecule has 0 unspecified atom stereocenters. The van der Waals surface area contributed by atoms with Gasteiger partial charge in [0.05, 0.1) is 37.7 Å². The number of anilines is 1. The summed E-state index contributed by atoms with van der Waals surface area (Å²) in [6.07, 6.45) is -3.86. The van der Waals surface area contributed by atoms with Crippen molar-refractivity contribution in [2.24, 2.45) is 0 Å². The van der Waals surface area contributed by atoms with Crippen LogP contribution in [0.5, 0.6) is 0 Å². The summed E-state index contributed by atoms with van der Waals surface area (Å²) >= 11 is 12.5. The SMILES string of the molecule is CCCn1c(NC(=O)c2cc(Cl)c3nc(-c4c(F)cccc4Cl)[nH]c3c2)nc2cc(C(F)(F)F)ccc21. The lowest BCUT2D eigenvalue weighted by atomic mass is 10.2. The van der Waals surface area contributed by atoms with Crippen molar-refractivity contribution >= 4 is 57.1 Å². The van der Waals surface area contributed by atoms with Gasteiger partial charge in [0.2, 0.25) is 5.95 Å². The molecule has 190 valence electrons. The normalized spacial score (nSPS) is 12.0. The van der Waals surface area contributed by atoms with Gasteiger partial charge in [-0.2, -0.15) is 13.2 Å². The molecule has 6 nitrogen and oxygen atoms in total. The molecule has 2 heterocycles. The Morgan fingerprint density at radius 2 is 1.86 bits per heavy atom. The molecular weight excluding hydrogens is 533 g/mol. The number of aromatic nitrogens is 4. The van der Waals surface area contributed by atoms with Crippen LogP contribution in [0.4, 0.5) is 23.5 Å². The molecule has 2 N–H and O–H groups in total. The quantitative estimate of drug-likeness (QED) is 0.220. The van der Waals surface area contributed by atoms with Gasteiger partial charge in [0.1, 0.15) is 17.2 Å². The highest BCUT2D eigenvalue weighted by atomic mass is 35.5. The van der Waals surface area contributed by atoms with E-state index in [2.05, 4.69) is 20.3 Å². The fraction of sp³-hybridized carbons (Fsp3) is 0.160. The van der Waals surface area contributed by atoms with Crippen LogP contribution in [0.15, 0.2) is 48.5 Å². The molecule has 0 bridgehead atoms. The number of halogens is 6. The monoisotopic (exact) mass is 549 g/mol. The lowest BCUT2D eigenvalue weighted by Gasteiger charge is -2.10. The standard InChI is InChI=1S/C25H17Cl2F4N5O/c1-2-8-36-19-7-6-13(25(29,30)31)11-17(19)33-24(36)35-23(37)12-9-15(27)21-18(10-12)32-22(34-21)20-14(26)4-3-5-16(20)28/h3-7,9-11H,2,8H2,1H3,(H,32,34)(H,33,35,37). The van der Waals surface area contributed by atoms with Crippen LogP contribution in [-0.2, 0) is 12.7 Å². The average molecular weight is 550 g/mol. The lowest BCUT2D eigenvalue weighted by Crippen LogP contribution is -2.16. The number of carbonyl (C=O) groups is 1. The van der Waals surface area contributed by atoms with Gasteiger partial charge >= 0.3 is 6.18 Å². The molecule has 0 saturated heterocycles. The smallest absolute Gasteiger partial charge is 0.338 e. The predicted octanol–water partition coefficient (Wildman–Crippen LogP) is 7.71. The van der Waals surface area contributed by atoms with Gasteiger partial charge in [0.25, 0.3) is 5.91 Å². The third-order valence-corrected chi connectivity index (χ3v) is 6.35. The number of fused-ring (bicyclic) bond motifs is 2. The zero-order chi connectivity index (χ0) is 26.5. The van der Waals surface area contributed by atoms with Crippen LogP contribution in [0.3, 0.4) is 0 Å². The van der Waals surface area contributed by atoms with Crippen LogP contribution in [0, 0.1) is 5.82 Å². The summed E-state index contributed by atoms with van der Waals surface area (Å²) in [6.45, 7) is 2.32. The van der Waals surface area contributed by atoms with Crippen LogP contribution in [0.1, 0.15) is 29.3 Å². The minimum Gasteiger partial charge on any atom is -0.338 e. The number of aryl methyl sites for hydroxylation is 1. The van der Waals surface area contributed by atoms with Gasteiger partial charge in [-0.15, -0.1) is 0 Å². The number of hydrogen-bond acceptors (Lipinski definition) is 3. The highest BCUT2D eigenvalue weighted by Gasteiger charge is 2.31. The van der Waals surface area contributed by atoms with Gasteiger partial charge < -0.3 is 9.55 Å². The van der Waals surface area contributed by atoms with Crippen molar-refractivity contribution in [3.63, 3.8) is 0 Å². The predicted molar refractivity (Wildman–Crippen MR) is 134 cm³/mol. The number of hydrogen-bond donors (Lipinski definition) is 2. The van der Waals surface area contributed by atoms with Crippen molar-refractivity contribution in [3.8, 4) is 11.4 Å². The fourth-order valence-electron chi connectivity index (χ4n) is 4.07. The first-order valence-electron chi connectivity index (χ1n) is 11.1. The zero-order valence-electron chi connectivity index (χ0n) is 19.1. The van der Waals surface area contributed by atoms with Crippen LogP contribution in [0.2, 0.25) is 10.0 Å². The summed E-state index contributed by atoms with van der Waals surface area (Å²) in [5.74, 6) is -0.930. The molecule has 5 aromatic rings. The molecule has 0 radical (unpaired) electrons. The lowest BCUT2D eigenvalue weighted by molar-refractivity contribution is -0.137. The van der Waals surface area contributed by atoms with Crippen molar-refractivity contribution in [2.45, 2.75) is 26.1 Å². The summed E-state index contributed by atoms with van der Waals surface area (Å²) in [7, 11) is 0. The van der Waals surface area contributed by atoms with Gasteiger partial charge in [-0.1, -0.05) is 36.2 Å². The maximum Gasteiger partial charge on any atom is 0.416 e. The Labute approximate surface area is 217 Å². The molecule has 0 spiro atoms. The van der Waals surface area contributed by atoms with Crippen molar-refractivity contribution in [1.29, 1.82) is 0 Å². The van der Waals surface area contributed by atoms with Gasteiger partial charge in [-0.3, -0.25) is 10.1 Å². The Morgan fingerprint density at radius 3 is 2.57 bits per heavy atom. The van der Waals surface area contributed by atoms with Gasteiger partial charge in [-0.25, -0.2) is 14.4 Å². The summed E-state index contributed by atoms with van der Waals surface area (Å²) < 4.78 is 55.5. The van der Waals surface area contributed by atoms with Gasteiger partial charge in [0, 0.05) is 12.1 Å². The molecule has 2 aromatic heterocycles. The molecule has 0 fully saturated rings. The van der Waals surface area contributed by atoms with Gasteiger partial charge in [-0.05, 0) is 48.9 Å². The first kappa shape index (κ1) is 25.0. The Hall–Kier alpha value is -3.63. The van der Waals surface area contributed by atoms with E-state index in [0.29, 0.717) is 29.5 Å². The summed E-state index contributed by atoms with van der Waals surface area (Å²) in [4.78, 5) is 24.6. The molecule has 3 aromatic carbocycles. The van der Waals surface area contributed by atoms with Gasteiger partial charge in [0.15, 0.2) is 0 Å². The van der Waals surface area contributed by atoms with Crippen LogP contribution < -0.4 is 5.32 Å². The molecular formula is C25H17Cl2F4N5O. The van der Waals surface area contributed by atoms with E-state index < -0.39 is 23.5 Å². The zero-order valence-corrected chi connectivity index (χ0v) is 20.6. The Bertz CT molecular complexity index is 1660. The minimum absolute atomic E-state index is 0.0638. The maximum atomic E-state index is 14.4. The number of imidazole rings is 2. The topological polar surface area (TPSA) is 75.6 Å². The third-order valence-electron chi connectivity index (χ3n) is 5.75. The highest BCUT2D eigenvalue weighted by molar-refractivity contribution is 6.36. The molecule has 1 amide bonds. The molecule has 12 heteroatoms. The Balaban J connectivity index is 1.52. The second-order valence-corrected chi connectivity index (χ2v) is 9.09. The number of rotatable bonds is 5. The molecule has 0 aliphatic carbocycles. The van der Waals surface area contributed by atoms with E-state index in [1.165, 1.54) is 36.4 Å². The number of H-pyrrole nitrogens is 1. The first-order chi connectivity index (χ1) is 17.6. The third kappa shape index (κ3) is 4.62. The maximum absolute atomic E-state index is 14.4. The highest BCUT2D eigenvalue weighted by Crippen LogP contribution is 2.34. The van der Waals surface area contributed by atoms with Crippen LogP contribution >= 0.6 is 23.2 Å². The van der Waals surface area contributed by atoms with E-state index in [4.69, 9.17) is 23.2 Å². The molecule has 0 aliphatic rings. The fourth-order valence-corrected chi connectivity index (χ4v) is 4.59. The van der Waals surface area contributed by atoms with E-state index >= 15 is 0 Å². The summed E-state index contributed by atoms with van der Waals surface area (Å²) in [5.41, 5.74) is 0.605. The molecule has 0 saturated carbocycles. The number of nitrogens with one attached hydrogen (secondary N) is 2. The van der Waals surface area contributed by atoms with Crippen molar-refractivity contribution < 1.29 is 22.4 Å². The van der Waals surface area contributed by atoms with E-state index in [0.717, 1.165) is 12.1 Å². The second kappa shape index (κ2) is 9.35. The van der Waals surface area contributed by atoms with Crippen molar-refractivity contribution in [2.75, 3.05) is 5.32 Å². The van der Waals surface area contributed by atoms with E-state index in [1.54, 1.807) is 4.57 Å².